The van der Waals surface area contributed by atoms with Crippen molar-refractivity contribution >= 4 is 24.1 Å². The number of aromatic nitrogens is 2. The van der Waals surface area contributed by atoms with Crippen LogP contribution in [0.4, 0.5) is 5.82 Å². The third-order valence-electron chi connectivity index (χ3n) is 1.54. The van der Waals surface area contributed by atoms with Gasteiger partial charge < -0.3 is 15.6 Å². The Morgan fingerprint density at radius 2 is 2.33 bits per heavy atom. The first-order valence-corrected chi connectivity index (χ1v) is 4.11. The van der Waals surface area contributed by atoms with Crippen molar-refractivity contribution in [1.29, 1.82) is 0 Å². The van der Waals surface area contributed by atoms with Crippen LogP contribution in [0.5, 0.6) is 0 Å². The minimum absolute atomic E-state index is 0.130. The third-order valence-corrected chi connectivity index (χ3v) is 1.54. The molecule has 0 saturated heterocycles. The van der Waals surface area contributed by atoms with Gasteiger partial charge in [0, 0.05) is 6.42 Å². The quantitative estimate of drug-likeness (QED) is 0.690. The topological polar surface area (TPSA) is 106 Å². The molecule has 0 spiro atoms. The van der Waals surface area contributed by atoms with Crippen LogP contribution in [0.1, 0.15) is 22.6 Å². The second kappa shape index (κ2) is 4.85. The van der Waals surface area contributed by atoms with E-state index >= 15 is 0 Å². The van der Waals surface area contributed by atoms with Crippen LogP contribution in [0, 0.1) is 0 Å². The number of carbonyl (C=O) groups excluding carboxylic acids is 1. The first-order chi connectivity index (χ1) is 7.15. The molecule has 0 atom stereocenters. The van der Waals surface area contributed by atoms with Gasteiger partial charge in [-0.3, -0.25) is 0 Å². The van der Waals surface area contributed by atoms with Crippen molar-refractivity contribution in [3.8, 4) is 0 Å². The Balaban J connectivity index is 2.97. The van der Waals surface area contributed by atoms with Crippen molar-refractivity contribution in [2.75, 3.05) is 5.73 Å². The van der Waals surface area contributed by atoms with E-state index in [0.717, 1.165) is 6.29 Å². The normalized spacial score (nSPS) is 10.4. The van der Waals surface area contributed by atoms with E-state index in [4.69, 9.17) is 10.8 Å². The summed E-state index contributed by atoms with van der Waals surface area (Å²) in [5.41, 5.74) is 5.37. The molecule has 0 aromatic carbocycles. The molecule has 0 saturated carbocycles. The fraction of sp³-hybridized carbons (Fsp3) is 0.111. The van der Waals surface area contributed by atoms with Gasteiger partial charge in [-0.25, -0.2) is 14.8 Å². The summed E-state index contributed by atoms with van der Waals surface area (Å²) in [6, 6.07) is 0. The number of allylic oxidation sites excluding steroid dienone is 1. The molecule has 15 heavy (non-hydrogen) atoms. The van der Waals surface area contributed by atoms with Crippen molar-refractivity contribution in [2.45, 2.75) is 6.42 Å². The van der Waals surface area contributed by atoms with Crippen molar-refractivity contribution in [3.05, 3.63) is 23.7 Å². The lowest BCUT2D eigenvalue weighted by Gasteiger charge is -1.99. The minimum Gasteiger partial charge on any atom is -0.476 e. The Labute approximate surface area is 85.5 Å². The predicted molar refractivity (Wildman–Crippen MR) is 53.1 cm³/mol. The second-order valence-electron chi connectivity index (χ2n) is 2.64. The van der Waals surface area contributed by atoms with Crippen LogP contribution in [0.15, 0.2) is 12.3 Å². The summed E-state index contributed by atoms with van der Waals surface area (Å²) >= 11 is 0. The van der Waals surface area contributed by atoms with E-state index in [2.05, 4.69) is 9.97 Å². The molecule has 6 nitrogen and oxygen atoms in total. The SMILES string of the molecule is Nc1ncc(C=CCC=O)nc1C(=O)O. The minimum atomic E-state index is -1.23. The molecule has 0 amide bonds. The lowest BCUT2D eigenvalue weighted by Crippen LogP contribution is -2.08. The first kappa shape index (κ1) is 10.8. The van der Waals surface area contributed by atoms with Gasteiger partial charge in [-0.15, -0.1) is 0 Å². The average molecular weight is 207 g/mol. The van der Waals surface area contributed by atoms with Crippen molar-refractivity contribution < 1.29 is 14.7 Å². The fourth-order valence-electron chi connectivity index (χ4n) is 0.894. The molecule has 0 aliphatic rings. The van der Waals surface area contributed by atoms with Crippen LogP contribution < -0.4 is 5.73 Å². The van der Waals surface area contributed by atoms with E-state index in [-0.39, 0.29) is 17.9 Å². The maximum Gasteiger partial charge on any atom is 0.358 e. The molecule has 6 heteroatoms. The van der Waals surface area contributed by atoms with Crippen LogP contribution in [-0.2, 0) is 4.79 Å². The fourth-order valence-corrected chi connectivity index (χ4v) is 0.894. The summed E-state index contributed by atoms with van der Waals surface area (Å²) in [4.78, 5) is 28.1. The summed E-state index contributed by atoms with van der Waals surface area (Å²) in [6.45, 7) is 0. The summed E-state index contributed by atoms with van der Waals surface area (Å²) in [5, 5.41) is 8.70. The number of anilines is 1. The number of carboxylic acid groups (broad SMARTS) is 1. The van der Waals surface area contributed by atoms with Crippen LogP contribution in [0.3, 0.4) is 0 Å². The predicted octanol–water partition coefficient (Wildman–Crippen LogP) is 0.359. The number of hydrogen-bond acceptors (Lipinski definition) is 5. The van der Waals surface area contributed by atoms with Crippen molar-refractivity contribution in [2.24, 2.45) is 0 Å². The molecule has 0 fully saturated rings. The molecule has 0 aliphatic heterocycles. The molecular formula is C9H9N3O3. The molecule has 1 aromatic heterocycles. The Morgan fingerprint density at radius 3 is 2.93 bits per heavy atom. The molecule has 1 heterocycles. The van der Waals surface area contributed by atoms with E-state index < -0.39 is 5.97 Å². The highest BCUT2D eigenvalue weighted by molar-refractivity contribution is 5.90. The molecule has 0 radical (unpaired) electrons. The Kier molecular flexibility index (Phi) is 3.50. The smallest absolute Gasteiger partial charge is 0.358 e. The zero-order valence-corrected chi connectivity index (χ0v) is 7.75. The van der Waals surface area contributed by atoms with Gasteiger partial charge in [0.05, 0.1) is 11.9 Å². The van der Waals surface area contributed by atoms with Gasteiger partial charge >= 0.3 is 5.97 Å². The molecule has 3 N–H and O–H groups in total. The van der Waals surface area contributed by atoms with Gasteiger partial charge in [-0.2, -0.15) is 0 Å². The zero-order chi connectivity index (χ0) is 11.3. The third kappa shape index (κ3) is 2.87. The van der Waals surface area contributed by atoms with Gasteiger partial charge in [-0.1, -0.05) is 6.08 Å². The average Bonchev–Trinajstić information content (AvgIpc) is 2.20. The summed E-state index contributed by atoms with van der Waals surface area (Å²) < 4.78 is 0. The highest BCUT2D eigenvalue weighted by Crippen LogP contribution is 2.07. The summed E-state index contributed by atoms with van der Waals surface area (Å²) in [5.74, 6) is -1.36. The first-order valence-electron chi connectivity index (χ1n) is 4.11. The molecule has 1 aromatic rings. The lowest BCUT2D eigenvalue weighted by atomic mass is 10.3. The van der Waals surface area contributed by atoms with Gasteiger partial charge in [0.1, 0.15) is 6.29 Å². The number of carboxylic acids is 1. The second-order valence-corrected chi connectivity index (χ2v) is 2.64. The summed E-state index contributed by atoms with van der Waals surface area (Å²) in [6.07, 6.45) is 5.36. The zero-order valence-electron chi connectivity index (χ0n) is 7.75. The number of nitrogen functional groups attached to an aromatic ring is 1. The Bertz CT molecular complexity index is 415. The Hall–Kier alpha value is -2.24. The van der Waals surface area contributed by atoms with Crippen LogP contribution in [-0.4, -0.2) is 27.3 Å². The van der Waals surface area contributed by atoms with Crippen molar-refractivity contribution in [1.82, 2.24) is 9.97 Å². The van der Waals surface area contributed by atoms with E-state index in [1.807, 2.05) is 0 Å². The Morgan fingerprint density at radius 1 is 1.60 bits per heavy atom. The molecular weight excluding hydrogens is 198 g/mol. The number of carbonyl (C=O) groups is 2. The maximum absolute atomic E-state index is 10.6. The van der Waals surface area contributed by atoms with Gasteiger partial charge in [0.15, 0.2) is 11.5 Å². The number of aromatic carboxylic acids is 1. The lowest BCUT2D eigenvalue weighted by molar-refractivity contribution is -0.107. The van der Waals surface area contributed by atoms with E-state index in [0.29, 0.717) is 5.69 Å². The van der Waals surface area contributed by atoms with E-state index in [1.165, 1.54) is 12.3 Å². The van der Waals surface area contributed by atoms with E-state index in [1.54, 1.807) is 6.08 Å². The van der Waals surface area contributed by atoms with Crippen LogP contribution in [0.2, 0.25) is 0 Å². The van der Waals surface area contributed by atoms with Crippen LogP contribution >= 0.6 is 0 Å². The maximum atomic E-state index is 10.6. The number of rotatable bonds is 4. The van der Waals surface area contributed by atoms with Crippen LogP contribution in [0.25, 0.3) is 6.08 Å². The largest absolute Gasteiger partial charge is 0.476 e. The van der Waals surface area contributed by atoms with E-state index in [9.17, 15) is 9.59 Å². The molecule has 1 rings (SSSR count). The molecule has 0 aliphatic carbocycles. The highest BCUT2D eigenvalue weighted by atomic mass is 16.4. The van der Waals surface area contributed by atoms with Gasteiger partial charge in [0.2, 0.25) is 0 Å². The molecule has 0 unspecified atom stereocenters. The summed E-state index contributed by atoms with van der Waals surface area (Å²) in [7, 11) is 0. The standard InChI is InChI=1S/C9H9N3O3/c10-8-7(9(14)15)12-6(5-11-8)3-1-2-4-13/h1,3-5H,2H2,(H2,10,11)(H,14,15). The number of aldehydes is 1. The molecule has 78 valence electrons. The number of nitrogens with two attached hydrogens (primary N) is 1. The number of hydrogen-bond donors (Lipinski definition) is 2. The highest BCUT2D eigenvalue weighted by Gasteiger charge is 2.10. The van der Waals surface area contributed by atoms with Crippen molar-refractivity contribution in [3.63, 3.8) is 0 Å². The molecule has 0 bridgehead atoms. The monoisotopic (exact) mass is 207 g/mol. The number of nitrogens with zero attached hydrogens (tertiary/aromatic N) is 2. The van der Waals surface area contributed by atoms with Gasteiger partial charge in [0.25, 0.3) is 0 Å². The van der Waals surface area contributed by atoms with Gasteiger partial charge in [-0.05, 0) is 6.08 Å².